The van der Waals surface area contributed by atoms with Crippen molar-refractivity contribution < 1.29 is 9.53 Å². The summed E-state index contributed by atoms with van der Waals surface area (Å²) in [5.74, 6) is 0.865. The van der Waals surface area contributed by atoms with Gasteiger partial charge in [0.1, 0.15) is 0 Å². The fraction of sp³-hybridized carbons (Fsp3) is 0.900. The SMILES string of the molecule is CCNC(=NCCCCCCCN(C)C)N1CCCC(C(=O)OCC)C1.I. The zero-order chi connectivity index (χ0) is 19.2. The van der Waals surface area contributed by atoms with Crippen molar-refractivity contribution in [3.63, 3.8) is 0 Å². The molecule has 1 N–H and O–H groups in total. The summed E-state index contributed by atoms with van der Waals surface area (Å²) in [6.07, 6.45) is 8.17. The summed E-state index contributed by atoms with van der Waals surface area (Å²) in [7, 11) is 4.26. The van der Waals surface area contributed by atoms with E-state index in [2.05, 4.69) is 36.1 Å². The standard InChI is InChI=1S/C20H40N4O2.HI/c1-5-21-20(22-14-10-8-7-9-11-15-23(3)4)24-16-12-13-18(17-24)19(25)26-6-2;/h18H,5-17H2,1-4H3,(H,21,22);1H. The lowest BCUT2D eigenvalue weighted by atomic mass is 9.98. The van der Waals surface area contributed by atoms with Crippen molar-refractivity contribution in [2.75, 3.05) is 53.4 Å². The van der Waals surface area contributed by atoms with E-state index in [-0.39, 0.29) is 35.9 Å². The number of nitrogens with zero attached hydrogens (tertiary/aromatic N) is 3. The first-order valence-electron chi connectivity index (χ1n) is 10.4. The highest BCUT2D eigenvalue weighted by atomic mass is 127. The van der Waals surface area contributed by atoms with Crippen molar-refractivity contribution >= 4 is 35.9 Å². The number of hydrogen-bond donors (Lipinski definition) is 1. The second-order valence-electron chi connectivity index (χ2n) is 7.34. The zero-order valence-corrected chi connectivity index (χ0v) is 20.2. The van der Waals surface area contributed by atoms with Crippen LogP contribution in [0.3, 0.4) is 0 Å². The number of carbonyl (C=O) groups is 1. The predicted molar refractivity (Wildman–Crippen MR) is 124 cm³/mol. The van der Waals surface area contributed by atoms with E-state index >= 15 is 0 Å². The predicted octanol–water partition coefficient (Wildman–Crippen LogP) is 3.36. The number of halogens is 1. The minimum Gasteiger partial charge on any atom is -0.466 e. The van der Waals surface area contributed by atoms with E-state index in [1.54, 1.807) is 0 Å². The number of nitrogens with one attached hydrogen (secondary N) is 1. The number of likely N-dealkylation sites (tertiary alicyclic amines) is 1. The second-order valence-corrected chi connectivity index (χ2v) is 7.34. The molecule has 1 atom stereocenters. The Labute approximate surface area is 183 Å². The molecule has 0 amide bonds. The number of carbonyl (C=O) groups excluding carboxylic acids is 1. The number of aliphatic imine (C=N–C) groups is 1. The van der Waals surface area contributed by atoms with Gasteiger partial charge in [-0.3, -0.25) is 9.79 Å². The molecular formula is C20H41IN4O2. The minimum absolute atomic E-state index is 0. The number of esters is 1. The first-order chi connectivity index (χ1) is 12.6. The molecule has 7 heteroatoms. The largest absolute Gasteiger partial charge is 0.466 e. The van der Waals surface area contributed by atoms with Crippen LogP contribution in [0.25, 0.3) is 0 Å². The van der Waals surface area contributed by atoms with Crippen LogP contribution >= 0.6 is 24.0 Å². The van der Waals surface area contributed by atoms with Crippen LogP contribution in [0.1, 0.15) is 58.8 Å². The third-order valence-corrected chi connectivity index (χ3v) is 4.70. The smallest absolute Gasteiger partial charge is 0.310 e. The van der Waals surface area contributed by atoms with Crippen LogP contribution in [-0.4, -0.2) is 75.2 Å². The average Bonchev–Trinajstić information content (AvgIpc) is 2.63. The Morgan fingerprint density at radius 1 is 1.19 bits per heavy atom. The summed E-state index contributed by atoms with van der Waals surface area (Å²) >= 11 is 0. The van der Waals surface area contributed by atoms with Gasteiger partial charge in [0.05, 0.1) is 12.5 Å². The lowest BCUT2D eigenvalue weighted by Gasteiger charge is -2.34. The highest BCUT2D eigenvalue weighted by molar-refractivity contribution is 14.0. The summed E-state index contributed by atoms with van der Waals surface area (Å²) in [5.41, 5.74) is 0. The van der Waals surface area contributed by atoms with Crippen molar-refractivity contribution in [1.29, 1.82) is 0 Å². The number of guanidine groups is 1. The molecule has 1 aliphatic rings. The molecule has 0 saturated carbocycles. The van der Waals surface area contributed by atoms with Gasteiger partial charge in [-0.25, -0.2) is 0 Å². The van der Waals surface area contributed by atoms with Crippen LogP contribution in [0, 0.1) is 5.92 Å². The summed E-state index contributed by atoms with van der Waals surface area (Å²) in [6, 6.07) is 0. The average molecular weight is 496 g/mol. The molecule has 27 heavy (non-hydrogen) atoms. The molecule has 0 radical (unpaired) electrons. The Hall–Kier alpha value is -0.570. The van der Waals surface area contributed by atoms with E-state index in [1.165, 1.54) is 32.2 Å². The van der Waals surface area contributed by atoms with Gasteiger partial charge in [-0.1, -0.05) is 19.3 Å². The molecule has 1 fully saturated rings. The van der Waals surface area contributed by atoms with Gasteiger partial charge in [-0.05, 0) is 60.2 Å². The molecule has 6 nitrogen and oxygen atoms in total. The summed E-state index contributed by atoms with van der Waals surface area (Å²) in [5, 5.41) is 3.39. The highest BCUT2D eigenvalue weighted by Crippen LogP contribution is 2.18. The number of ether oxygens (including phenoxy) is 1. The lowest BCUT2D eigenvalue weighted by molar-refractivity contribution is -0.149. The van der Waals surface area contributed by atoms with Gasteiger partial charge in [0.2, 0.25) is 0 Å². The minimum atomic E-state index is -0.0641. The van der Waals surface area contributed by atoms with Crippen LogP contribution in [0.15, 0.2) is 4.99 Å². The summed E-state index contributed by atoms with van der Waals surface area (Å²) < 4.78 is 5.20. The normalized spacial score (nSPS) is 17.6. The molecule has 1 unspecified atom stereocenters. The van der Waals surface area contributed by atoms with Crippen molar-refractivity contribution in [2.24, 2.45) is 10.9 Å². The second kappa shape index (κ2) is 16.4. The van der Waals surface area contributed by atoms with E-state index in [1.807, 2.05) is 6.92 Å². The van der Waals surface area contributed by atoms with Gasteiger partial charge >= 0.3 is 5.97 Å². The molecule has 0 aromatic rings. The molecule has 1 aliphatic heterocycles. The van der Waals surface area contributed by atoms with Gasteiger partial charge in [0, 0.05) is 26.2 Å². The molecule has 0 spiro atoms. The van der Waals surface area contributed by atoms with E-state index in [9.17, 15) is 4.79 Å². The van der Waals surface area contributed by atoms with Crippen LogP contribution < -0.4 is 5.32 Å². The maximum Gasteiger partial charge on any atom is 0.310 e. The molecule has 0 aromatic heterocycles. The third kappa shape index (κ3) is 11.8. The molecule has 0 bridgehead atoms. The third-order valence-electron chi connectivity index (χ3n) is 4.70. The molecular weight excluding hydrogens is 455 g/mol. The van der Waals surface area contributed by atoms with E-state index in [0.717, 1.165) is 51.4 Å². The summed E-state index contributed by atoms with van der Waals surface area (Å²) in [6.45, 7) is 8.98. The molecule has 0 aliphatic carbocycles. The highest BCUT2D eigenvalue weighted by Gasteiger charge is 2.28. The Morgan fingerprint density at radius 2 is 1.89 bits per heavy atom. The number of piperidine rings is 1. The van der Waals surface area contributed by atoms with Crippen LogP contribution in [0.2, 0.25) is 0 Å². The van der Waals surface area contributed by atoms with Crippen molar-refractivity contribution in [2.45, 2.75) is 58.8 Å². The zero-order valence-electron chi connectivity index (χ0n) is 17.8. The molecule has 1 heterocycles. The maximum absolute atomic E-state index is 12.0. The number of hydrogen-bond acceptors (Lipinski definition) is 4. The van der Waals surface area contributed by atoms with Crippen LogP contribution in [0.4, 0.5) is 0 Å². The molecule has 1 rings (SSSR count). The topological polar surface area (TPSA) is 57.2 Å². The van der Waals surface area contributed by atoms with Crippen molar-refractivity contribution in [1.82, 2.24) is 15.1 Å². The maximum atomic E-state index is 12.0. The van der Waals surface area contributed by atoms with Gasteiger partial charge in [-0.15, -0.1) is 24.0 Å². The summed E-state index contributed by atoms with van der Waals surface area (Å²) in [4.78, 5) is 21.3. The van der Waals surface area contributed by atoms with Crippen LogP contribution in [0.5, 0.6) is 0 Å². The van der Waals surface area contributed by atoms with E-state index < -0.39 is 0 Å². The van der Waals surface area contributed by atoms with E-state index in [0.29, 0.717) is 6.61 Å². The van der Waals surface area contributed by atoms with Gasteiger partial charge in [-0.2, -0.15) is 0 Å². The lowest BCUT2D eigenvalue weighted by Crippen LogP contribution is -2.48. The molecule has 0 aromatic carbocycles. The molecule has 160 valence electrons. The van der Waals surface area contributed by atoms with E-state index in [4.69, 9.17) is 9.73 Å². The Kier molecular flexibility index (Phi) is 16.0. The number of rotatable bonds is 11. The Bertz CT molecular complexity index is 419. The number of unbranched alkanes of at least 4 members (excludes halogenated alkanes) is 4. The fourth-order valence-corrected chi connectivity index (χ4v) is 3.30. The van der Waals surface area contributed by atoms with Crippen molar-refractivity contribution in [3.05, 3.63) is 0 Å². The van der Waals surface area contributed by atoms with Crippen LogP contribution in [-0.2, 0) is 9.53 Å². The quantitative estimate of drug-likeness (QED) is 0.156. The fourth-order valence-electron chi connectivity index (χ4n) is 3.30. The Balaban J connectivity index is 0.00000676. The first-order valence-corrected chi connectivity index (χ1v) is 10.4. The Morgan fingerprint density at radius 3 is 2.56 bits per heavy atom. The van der Waals surface area contributed by atoms with Gasteiger partial charge in [0.25, 0.3) is 0 Å². The monoisotopic (exact) mass is 496 g/mol. The van der Waals surface area contributed by atoms with Gasteiger partial charge in [0.15, 0.2) is 5.96 Å². The van der Waals surface area contributed by atoms with Gasteiger partial charge < -0.3 is 19.9 Å². The van der Waals surface area contributed by atoms with Crippen molar-refractivity contribution in [3.8, 4) is 0 Å². The molecule has 1 saturated heterocycles. The first kappa shape index (κ1) is 26.4.